The highest BCUT2D eigenvalue weighted by molar-refractivity contribution is 5.36. The van der Waals surface area contributed by atoms with E-state index in [0.717, 1.165) is 37.0 Å². The van der Waals surface area contributed by atoms with Gasteiger partial charge in [0.15, 0.2) is 0 Å². The van der Waals surface area contributed by atoms with Crippen LogP contribution in [0.1, 0.15) is 85.5 Å². The van der Waals surface area contributed by atoms with Crippen LogP contribution in [0.5, 0.6) is 0 Å². The van der Waals surface area contributed by atoms with Crippen LogP contribution in [0, 0.1) is 29.1 Å². The molecule has 156 valence electrons. The van der Waals surface area contributed by atoms with Gasteiger partial charge in [-0.15, -0.1) is 0 Å². The van der Waals surface area contributed by atoms with Crippen molar-refractivity contribution in [2.24, 2.45) is 29.1 Å². The summed E-state index contributed by atoms with van der Waals surface area (Å²) in [6.45, 7) is 13.9. The number of rotatable bonds is 5. The number of hydrogen-bond acceptors (Lipinski definition) is 1. The van der Waals surface area contributed by atoms with E-state index in [-0.39, 0.29) is 6.10 Å². The predicted molar refractivity (Wildman–Crippen MR) is 121 cm³/mol. The van der Waals surface area contributed by atoms with Gasteiger partial charge in [0.25, 0.3) is 0 Å². The molecule has 3 aliphatic carbocycles. The fourth-order valence-corrected chi connectivity index (χ4v) is 6.24. The molecule has 0 aromatic carbocycles. The first-order chi connectivity index (χ1) is 13.3. The van der Waals surface area contributed by atoms with Crippen molar-refractivity contribution in [1.82, 2.24) is 0 Å². The first kappa shape index (κ1) is 21.6. The van der Waals surface area contributed by atoms with Gasteiger partial charge in [-0.1, -0.05) is 69.7 Å². The van der Waals surface area contributed by atoms with E-state index in [1.807, 2.05) is 0 Å². The molecule has 0 unspecified atom stereocenters. The van der Waals surface area contributed by atoms with Gasteiger partial charge in [0.1, 0.15) is 0 Å². The lowest BCUT2D eigenvalue weighted by Gasteiger charge is -2.44. The van der Waals surface area contributed by atoms with Crippen LogP contribution in [0.15, 0.2) is 47.6 Å². The Morgan fingerprint density at radius 3 is 2.68 bits per heavy atom. The van der Waals surface area contributed by atoms with Crippen LogP contribution in [0.4, 0.5) is 0 Å². The molecule has 0 amide bonds. The largest absolute Gasteiger partial charge is 0.393 e. The fraction of sp³-hybridized carbons (Fsp3) is 0.704. The van der Waals surface area contributed by atoms with E-state index in [2.05, 4.69) is 58.6 Å². The summed E-state index contributed by atoms with van der Waals surface area (Å²) in [4.78, 5) is 0. The summed E-state index contributed by atoms with van der Waals surface area (Å²) in [7, 11) is 0. The van der Waals surface area contributed by atoms with Crippen molar-refractivity contribution >= 4 is 0 Å². The molecule has 3 aliphatic rings. The van der Waals surface area contributed by atoms with E-state index in [1.54, 1.807) is 5.57 Å². The van der Waals surface area contributed by atoms with Gasteiger partial charge < -0.3 is 5.11 Å². The third-order valence-electron chi connectivity index (χ3n) is 7.91. The first-order valence-electron chi connectivity index (χ1n) is 11.7. The maximum Gasteiger partial charge on any atom is 0.0583 e. The average molecular weight is 383 g/mol. The van der Waals surface area contributed by atoms with E-state index < -0.39 is 0 Å². The quantitative estimate of drug-likeness (QED) is 0.491. The highest BCUT2D eigenvalue weighted by Crippen LogP contribution is 2.59. The lowest BCUT2D eigenvalue weighted by molar-refractivity contribution is 0.112. The normalized spacial score (nSPS) is 37.9. The van der Waals surface area contributed by atoms with Crippen molar-refractivity contribution in [3.63, 3.8) is 0 Å². The second-order valence-electron chi connectivity index (χ2n) is 10.4. The molecule has 0 aliphatic heterocycles. The van der Waals surface area contributed by atoms with Crippen LogP contribution in [-0.4, -0.2) is 11.2 Å². The van der Waals surface area contributed by atoms with Gasteiger partial charge in [-0.05, 0) is 92.4 Å². The smallest absolute Gasteiger partial charge is 0.0583 e. The van der Waals surface area contributed by atoms with Gasteiger partial charge in [-0.3, -0.25) is 0 Å². The molecule has 1 N–H and O–H groups in total. The number of hydrogen-bond donors (Lipinski definition) is 1. The molecule has 3 saturated carbocycles. The summed E-state index contributed by atoms with van der Waals surface area (Å²) in [5.74, 6) is 2.98. The Kier molecular flexibility index (Phi) is 7.07. The third-order valence-corrected chi connectivity index (χ3v) is 7.91. The fourth-order valence-electron chi connectivity index (χ4n) is 6.24. The zero-order valence-corrected chi connectivity index (χ0v) is 18.7. The maximum atomic E-state index is 10.0. The van der Waals surface area contributed by atoms with Crippen LogP contribution in [0.25, 0.3) is 0 Å². The standard InChI is InChI=1S/C27H42O/c1-19(2)8-6-9-21(4)25-15-16-26-22(10-7-17-27(25,26)5)12-13-23-18-24(28)14-11-20(23)3/h6,9,12-13,19,21,24-26,28H,3,7-8,10-11,14-18H2,1-2,4-5H3/t21-,24+,25-,26+,27-/m1/s1. The second-order valence-corrected chi connectivity index (χ2v) is 10.4. The highest BCUT2D eigenvalue weighted by Gasteiger charge is 2.50. The van der Waals surface area contributed by atoms with Crippen LogP contribution >= 0.6 is 0 Å². The van der Waals surface area contributed by atoms with Crippen molar-refractivity contribution < 1.29 is 5.11 Å². The van der Waals surface area contributed by atoms with Gasteiger partial charge in [-0.25, -0.2) is 0 Å². The Morgan fingerprint density at radius 2 is 1.93 bits per heavy atom. The lowest BCUT2D eigenvalue weighted by atomic mass is 9.61. The predicted octanol–water partition coefficient (Wildman–Crippen LogP) is 7.40. The van der Waals surface area contributed by atoms with E-state index in [4.69, 9.17) is 0 Å². The summed E-state index contributed by atoms with van der Waals surface area (Å²) in [6.07, 6.45) is 19.9. The molecular formula is C27H42O. The Morgan fingerprint density at radius 1 is 1.14 bits per heavy atom. The summed E-state index contributed by atoms with van der Waals surface area (Å²) < 4.78 is 0. The molecule has 5 atom stereocenters. The Hall–Kier alpha value is -1.08. The molecule has 3 rings (SSSR count). The number of aliphatic hydroxyl groups excluding tert-OH is 1. The maximum absolute atomic E-state index is 10.0. The van der Waals surface area contributed by atoms with Crippen molar-refractivity contribution in [3.8, 4) is 0 Å². The molecular weight excluding hydrogens is 340 g/mol. The summed E-state index contributed by atoms with van der Waals surface area (Å²) in [5.41, 5.74) is 4.62. The van der Waals surface area contributed by atoms with E-state index in [9.17, 15) is 5.11 Å². The topological polar surface area (TPSA) is 20.2 Å². The van der Waals surface area contributed by atoms with Gasteiger partial charge in [0.05, 0.1) is 6.10 Å². The molecule has 1 heteroatoms. The average Bonchev–Trinajstić information content (AvgIpc) is 2.99. The number of aliphatic hydroxyl groups is 1. The molecule has 0 radical (unpaired) electrons. The van der Waals surface area contributed by atoms with Crippen molar-refractivity contribution in [1.29, 1.82) is 0 Å². The molecule has 0 heterocycles. The van der Waals surface area contributed by atoms with Crippen molar-refractivity contribution in [3.05, 3.63) is 47.6 Å². The van der Waals surface area contributed by atoms with E-state index in [1.165, 1.54) is 49.7 Å². The van der Waals surface area contributed by atoms with Crippen LogP contribution in [0.3, 0.4) is 0 Å². The summed E-state index contributed by atoms with van der Waals surface area (Å²) in [5, 5.41) is 10.0. The third kappa shape index (κ3) is 4.73. The van der Waals surface area contributed by atoms with Crippen LogP contribution in [-0.2, 0) is 0 Å². The van der Waals surface area contributed by atoms with Crippen LogP contribution in [0.2, 0.25) is 0 Å². The van der Waals surface area contributed by atoms with Gasteiger partial charge in [0.2, 0.25) is 0 Å². The van der Waals surface area contributed by atoms with Crippen molar-refractivity contribution in [2.45, 2.75) is 91.6 Å². The molecule has 1 nitrogen and oxygen atoms in total. The Balaban J connectivity index is 1.74. The zero-order chi connectivity index (χ0) is 20.3. The Labute approximate surface area is 173 Å². The molecule has 0 bridgehead atoms. The monoisotopic (exact) mass is 382 g/mol. The van der Waals surface area contributed by atoms with Crippen LogP contribution < -0.4 is 0 Å². The minimum Gasteiger partial charge on any atom is -0.393 e. The number of fused-ring (bicyclic) bond motifs is 1. The highest BCUT2D eigenvalue weighted by atomic mass is 16.3. The van der Waals surface area contributed by atoms with Gasteiger partial charge in [0, 0.05) is 0 Å². The SMILES string of the molecule is C=C1CC[C@H](O)CC1=CC=C1CCC[C@]2(C)[C@@H]([C@H](C)C=CCC(C)C)CC[C@@H]12. The minimum atomic E-state index is -0.180. The summed E-state index contributed by atoms with van der Waals surface area (Å²) >= 11 is 0. The zero-order valence-electron chi connectivity index (χ0n) is 18.7. The molecule has 3 fully saturated rings. The molecule has 0 spiro atoms. The van der Waals surface area contributed by atoms with Gasteiger partial charge in [-0.2, -0.15) is 0 Å². The van der Waals surface area contributed by atoms with Crippen molar-refractivity contribution in [2.75, 3.05) is 0 Å². The number of allylic oxidation sites excluding steroid dienone is 6. The molecule has 28 heavy (non-hydrogen) atoms. The molecule has 0 aromatic rings. The molecule has 0 saturated heterocycles. The summed E-state index contributed by atoms with van der Waals surface area (Å²) in [6, 6.07) is 0. The minimum absolute atomic E-state index is 0.180. The van der Waals surface area contributed by atoms with E-state index in [0.29, 0.717) is 11.3 Å². The van der Waals surface area contributed by atoms with Gasteiger partial charge >= 0.3 is 0 Å². The Bertz CT molecular complexity index is 649. The molecule has 0 aromatic heterocycles. The lowest BCUT2D eigenvalue weighted by Crippen LogP contribution is -2.35. The first-order valence-corrected chi connectivity index (χ1v) is 11.7. The second kappa shape index (κ2) is 9.16. The van der Waals surface area contributed by atoms with E-state index >= 15 is 0 Å².